The molecule has 0 aliphatic heterocycles. The van der Waals surface area contributed by atoms with Gasteiger partial charge in [0, 0.05) is 6.42 Å². The zero-order valence-corrected chi connectivity index (χ0v) is 18.8. The van der Waals surface area contributed by atoms with Crippen LogP contribution in [0.4, 0.5) is 0 Å². The van der Waals surface area contributed by atoms with Gasteiger partial charge in [0.1, 0.15) is 0 Å². The molecule has 0 aromatic heterocycles. The molecule has 0 bridgehead atoms. The van der Waals surface area contributed by atoms with Crippen molar-refractivity contribution in [3.8, 4) is 12.3 Å². The van der Waals surface area contributed by atoms with Gasteiger partial charge in [-0.3, -0.25) is 9.59 Å². The quantitative estimate of drug-likeness (QED) is 0.270. The Morgan fingerprint density at radius 1 is 0.962 bits per heavy atom. The summed E-state index contributed by atoms with van der Waals surface area (Å²) >= 11 is 2.62. The zero-order chi connectivity index (χ0) is 20.1. The van der Waals surface area contributed by atoms with E-state index in [0.717, 1.165) is 66.2 Å². The third-order valence-corrected chi connectivity index (χ3v) is 6.60. The second-order valence-corrected chi connectivity index (χ2v) is 9.20. The van der Waals surface area contributed by atoms with Crippen LogP contribution in [-0.4, -0.2) is 84.1 Å². The summed E-state index contributed by atoms with van der Waals surface area (Å²) in [6.45, 7) is 12.9. The van der Waals surface area contributed by atoms with Gasteiger partial charge in [-0.1, -0.05) is 29.6 Å². The maximum absolute atomic E-state index is 12.0. The number of terminal acetylenes is 1. The van der Waals surface area contributed by atoms with Gasteiger partial charge in [0.25, 0.3) is 5.12 Å². The van der Waals surface area contributed by atoms with Gasteiger partial charge in [0.15, 0.2) is 0 Å². The van der Waals surface area contributed by atoms with Crippen LogP contribution >= 0.6 is 23.5 Å². The lowest BCUT2D eigenvalue weighted by Crippen LogP contribution is -2.49. The van der Waals surface area contributed by atoms with Crippen molar-refractivity contribution in [3.63, 3.8) is 0 Å². The fraction of sp³-hybridized carbons (Fsp3) is 0.700. The first-order valence-electron chi connectivity index (χ1n) is 9.38. The predicted octanol–water partition coefficient (Wildman–Crippen LogP) is 3.04. The molecule has 0 fully saturated rings. The van der Waals surface area contributed by atoms with E-state index >= 15 is 0 Å². The summed E-state index contributed by atoms with van der Waals surface area (Å²) in [5, 5.41) is -0.0590. The Hall–Kier alpha value is -0.740. The second-order valence-electron chi connectivity index (χ2n) is 7.04. The zero-order valence-electron chi connectivity index (χ0n) is 17.1. The Labute approximate surface area is 168 Å². The molecule has 0 N–H and O–H groups in total. The van der Waals surface area contributed by atoms with Crippen LogP contribution in [0.25, 0.3) is 0 Å². The van der Waals surface area contributed by atoms with E-state index in [2.05, 4.69) is 40.8 Å². The van der Waals surface area contributed by atoms with E-state index < -0.39 is 0 Å². The maximum Gasteiger partial charge on any atom is 0.262 e. The average Bonchev–Trinajstić information content (AvgIpc) is 2.62. The minimum atomic E-state index is -0.204. The molecule has 0 amide bonds. The van der Waals surface area contributed by atoms with Crippen LogP contribution in [0.5, 0.6) is 0 Å². The summed E-state index contributed by atoms with van der Waals surface area (Å²) in [7, 11) is 4.26. The lowest BCUT2D eigenvalue weighted by Gasteiger charge is -2.35. The van der Waals surface area contributed by atoms with Gasteiger partial charge in [0.2, 0.25) is 5.12 Å². The van der Waals surface area contributed by atoms with E-state index in [0.29, 0.717) is 0 Å². The molecule has 0 spiro atoms. The van der Waals surface area contributed by atoms with Crippen molar-refractivity contribution in [2.75, 3.05) is 64.9 Å². The third kappa shape index (κ3) is 11.1. The minimum Gasteiger partial charge on any atom is -0.328 e. The fourth-order valence-electron chi connectivity index (χ4n) is 2.68. The van der Waals surface area contributed by atoms with Crippen LogP contribution in [0.3, 0.4) is 0 Å². The Morgan fingerprint density at radius 3 is 2.08 bits per heavy atom. The molecule has 6 heteroatoms. The number of carbonyl (C=O) groups excluding carboxylic acids is 2. The summed E-state index contributed by atoms with van der Waals surface area (Å²) in [6.07, 6.45) is 9.59. The van der Waals surface area contributed by atoms with Crippen LogP contribution < -0.4 is 0 Å². The molecule has 148 valence electrons. The largest absolute Gasteiger partial charge is 0.328 e. The number of carbonyl (C=O) groups is 2. The van der Waals surface area contributed by atoms with E-state index in [1.54, 1.807) is 6.08 Å². The van der Waals surface area contributed by atoms with E-state index in [1.165, 1.54) is 23.5 Å². The maximum atomic E-state index is 12.0. The first-order chi connectivity index (χ1) is 12.2. The number of rotatable bonds is 13. The van der Waals surface area contributed by atoms with Crippen molar-refractivity contribution in [1.82, 2.24) is 0 Å². The summed E-state index contributed by atoms with van der Waals surface area (Å²) in [6, 6.07) is 0. The van der Waals surface area contributed by atoms with E-state index in [4.69, 9.17) is 6.42 Å². The molecule has 0 aromatic rings. The molecule has 0 heterocycles. The van der Waals surface area contributed by atoms with Gasteiger partial charge in [-0.25, -0.2) is 0 Å². The Balaban J connectivity index is 4.08. The molecule has 0 atom stereocenters. The molecule has 0 aliphatic carbocycles. The molecule has 0 aromatic carbocycles. The minimum absolute atomic E-state index is 0.145. The third-order valence-electron chi connectivity index (χ3n) is 5.03. The van der Waals surface area contributed by atoms with Crippen LogP contribution in [0, 0.1) is 12.3 Å². The lowest BCUT2D eigenvalue weighted by molar-refractivity contribution is -0.920. The van der Waals surface area contributed by atoms with Crippen molar-refractivity contribution < 1.29 is 18.6 Å². The molecule has 0 radical (unpaired) electrons. The van der Waals surface area contributed by atoms with Crippen molar-refractivity contribution >= 4 is 33.8 Å². The Kier molecular flexibility index (Phi) is 13.0. The molecular weight excluding hydrogens is 364 g/mol. The molecule has 0 aliphatic rings. The predicted molar refractivity (Wildman–Crippen MR) is 116 cm³/mol. The van der Waals surface area contributed by atoms with Crippen LogP contribution in [0.15, 0.2) is 12.2 Å². The number of hydrogen-bond donors (Lipinski definition) is 0. The number of quaternary nitrogens is 2. The topological polar surface area (TPSA) is 34.1 Å². The number of thioether (sulfide) groups is 2. The first kappa shape index (κ1) is 25.3. The summed E-state index contributed by atoms with van der Waals surface area (Å²) < 4.78 is 1.88. The number of nitrogens with zero attached hydrogens (tertiary/aromatic N) is 2. The van der Waals surface area contributed by atoms with Gasteiger partial charge in [0.05, 0.1) is 64.9 Å². The van der Waals surface area contributed by atoms with E-state index in [1.807, 2.05) is 6.08 Å². The molecule has 4 nitrogen and oxygen atoms in total. The molecule has 0 unspecified atom stereocenters. The van der Waals surface area contributed by atoms with Crippen LogP contribution in [0.2, 0.25) is 0 Å². The highest BCUT2D eigenvalue weighted by molar-refractivity contribution is 8.14. The van der Waals surface area contributed by atoms with Crippen molar-refractivity contribution in [3.05, 3.63) is 12.2 Å². The van der Waals surface area contributed by atoms with Crippen molar-refractivity contribution in [1.29, 1.82) is 0 Å². The van der Waals surface area contributed by atoms with Gasteiger partial charge in [-0.15, -0.1) is 6.42 Å². The Bertz CT molecular complexity index is 498. The Morgan fingerprint density at radius 2 is 1.54 bits per heavy atom. The molecule has 26 heavy (non-hydrogen) atoms. The highest BCUT2D eigenvalue weighted by atomic mass is 32.2. The summed E-state index contributed by atoms with van der Waals surface area (Å²) in [5.41, 5.74) is 0. The highest BCUT2D eigenvalue weighted by Gasteiger charge is 2.20. The molecule has 0 rings (SSSR count). The molecule has 0 saturated heterocycles. The first-order valence-corrected chi connectivity index (χ1v) is 11.3. The van der Waals surface area contributed by atoms with Crippen molar-refractivity contribution in [2.45, 2.75) is 27.2 Å². The smallest absolute Gasteiger partial charge is 0.262 e. The van der Waals surface area contributed by atoms with Gasteiger partial charge < -0.3 is 8.97 Å². The van der Waals surface area contributed by atoms with Gasteiger partial charge in [-0.2, -0.15) is 0 Å². The van der Waals surface area contributed by atoms with E-state index in [-0.39, 0.29) is 10.2 Å². The van der Waals surface area contributed by atoms with Gasteiger partial charge >= 0.3 is 0 Å². The van der Waals surface area contributed by atoms with Crippen LogP contribution in [0.1, 0.15) is 27.2 Å². The molecular formula is C20H36N2O2S2+2. The SMILES string of the molecule is C#CC(=O)SCC[N+](C)(C)CC/C=C/C(=O)SCC[N+](CC)(CC)CC. The lowest BCUT2D eigenvalue weighted by atomic mass is 10.3. The second kappa shape index (κ2) is 13.4. The normalized spacial score (nSPS) is 12.3. The van der Waals surface area contributed by atoms with E-state index in [9.17, 15) is 9.59 Å². The van der Waals surface area contributed by atoms with Gasteiger partial charge in [-0.05, 0) is 32.8 Å². The average molecular weight is 401 g/mol. The monoisotopic (exact) mass is 400 g/mol. The summed E-state index contributed by atoms with van der Waals surface area (Å²) in [4.78, 5) is 23.1. The van der Waals surface area contributed by atoms with Crippen molar-refractivity contribution in [2.24, 2.45) is 0 Å². The number of hydrogen-bond acceptors (Lipinski definition) is 4. The van der Waals surface area contributed by atoms with Crippen LogP contribution in [-0.2, 0) is 9.59 Å². The standard InChI is InChI=1S/C20H36N2O2S2/c1-7-19(23)25-17-15-21(5,6)14-12-11-13-20(24)26-18-16-22(8-2,9-3)10-4/h1,11,13H,8-10,12,14-18H2,2-6H3/q+2/b13-11+. The summed E-state index contributed by atoms with van der Waals surface area (Å²) in [5.74, 6) is 3.72. The molecule has 0 saturated carbocycles. The fourth-order valence-corrected chi connectivity index (χ4v) is 4.40. The highest BCUT2D eigenvalue weighted by Crippen LogP contribution is 2.11.